The van der Waals surface area contributed by atoms with E-state index in [0.29, 0.717) is 54.1 Å². The van der Waals surface area contributed by atoms with Crippen molar-refractivity contribution in [2.45, 2.75) is 69.2 Å². The molecular weight excluding hydrogens is 967 g/mol. The zero-order valence-electron chi connectivity index (χ0n) is 37.5. The summed E-state index contributed by atoms with van der Waals surface area (Å²) in [5, 5.41) is 41.5. The molecule has 0 bridgehead atoms. The Morgan fingerprint density at radius 2 is 1.70 bits per heavy atom. The van der Waals surface area contributed by atoms with Gasteiger partial charge >= 0.3 is 5.97 Å². The second-order valence-electron chi connectivity index (χ2n) is 16.6. The molecule has 0 radical (unpaired) electrons. The van der Waals surface area contributed by atoms with Crippen molar-refractivity contribution in [2.24, 2.45) is 12.8 Å². The Labute approximate surface area is 401 Å². The second-order valence-corrected chi connectivity index (χ2v) is 19.4. The molecule has 5 aromatic heterocycles. The van der Waals surface area contributed by atoms with Gasteiger partial charge in [0.05, 0.1) is 28.3 Å². The lowest BCUT2D eigenvalue weighted by Gasteiger charge is -2.26. The summed E-state index contributed by atoms with van der Waals surface area (Å²) in [6.45, 7) is 0.863. The SMILES string of the molecule is Cn1cc2c(nc(NC(=O)CCCc3cn(CCCCCCNC(=O)c4ccc(-c5c6ccc(=N)c(S(=O)(=O)O)c-6oc6c5CCC(N)=C6S(=O)(=O)O)c(C(=O)O)c4)nn3)n3nc(-c4ccco4)nc23)n1. The van der Waals surface area contributed by atoms with Crippen molar-refractivity contribution in [1.29, 1.82) is 5.41 Å². The highest BCUT2D eigenvalue weighted by Crippen LogP contribution is 2.47. The van der Waals surface area contributed by atoms with E-state index < -0.39 is 64.4 Å². The number of amides is 2. The van der Waals surface area contributed by atoms with Crippen LogP contribution in [-0.4, -0.2) is 99.7 Å². The maximum absolute atomic E-state index is 13.3. The summed E-state index contributed by atoms with van der Waals surface area (Å²) in [4.78, 5) is 46.3. The number of unbranched alkanes of at least 4 members (excludes halogenated alkanes) is 3. The number of carboxylic acid groups (broad SMARTS) is 1. The van der Waals surface area contributed by atoms with E-state index in [9.17, 15) is 45.4 Å². The number of allylic oxidation sites excluding steroid dienone is 1. The predicted molar refractivity (Wildman–Crippen MR) is 250 cm³/mol. The van der Waals surface area contributed by atoms with Crippen LogP contribution >= 0.6 is 0 Å². The fourth-order valence-electron chi connectivity index (χ4n) is 8.49. The average molecular weight is 1010 g/mol. The summed E-state index contributed by atoms with van der Waals surface area (Å²) < 4.78 is 86.3. The van der Waals surface area contributed by atoms with Crippen LogP contribution in [0.2, 0.25) is 0 Å². The molecule has 0 unspecified atom stereocenters. The molecule has 9 rings (SSSR count). The van der Waals surface area contributed by atoms with E-state index in [-0.39, 0.29) is 71.2 Å². The quantitative estimate of drug-likeness (QED) is 0.0470. The van der Waals surface area contributed by atoms with Crippen LogP contribution in [0.3, 0.4) is 0 Å². The minimum atomic E-state index is -5.18. The van der Waals surface area contributed by atoms with Crippen LogP contribution in [0.1, 0.15) is 82.7 Å². The standard InChI is InChI=1S/C44H43N13O12S2/c1-55-22-29-39(52-55)50-44(57-41(29)49-40(53-57)32-9-7-19-68-32)48-33(58)10-6-8-24-21-56(54-51-24)18-5-3-2-4-17-47-42(59)23-11-12-25(28(20-23)43(60)61)34-26-13-15-30(45)37(70(62,63)64)35(26)69-36-27(34)14-16-31(46)38(36)71(65,66)67/h7,9,11-13,15,19-22,45H,2-6,8,10,14,16-18,46H2,1H3,(H,47,59)(H,60,61)(H,62,63,64)(H,65,66,67)(H,48,50,52,58). The first-order valence-corrected chi connectivity index (χ1v) is 24.8. The molecule has 1 aliphatic heterocycles. The monoisotopic (exact) mass is 1010 g/mol. The summed E-state index contributed by atoms with van der Waals surface area (Å²) in [6.07, 6.45) is 9.05. The van der Waals surface area contributed by atoms with Crippen molar-refractivity contribution in [3.8, 4) is 34.0 Å². The third kappa shape index (κ3) is 9.74. The van der Waals surface area contributed by atoms with E-state index in [1.54, 1.807) is 34.7 Å². The molecule has 1 aromatic carbocycles. The minimum absolute atomic E-state index is 0.0183. The molecule has 2 amide bonds. The highest BCUT2D eigenvalue weighted by atomic mass is 32.2. The van der Waals surface area contributed by atoms with Gasteiger partial charge < -0.3 is 25.0 Å². The molecule has 71 heavy (non-hydrogen) atoms. The van der Waals surface area contributed by atoms with Crippen LogP contribution in [0.25, 0.3) is 55.6 Å². The fourth-order valence-corrected chi connectivity index (χ4v) is 10.1. The molecule has 0 spiro atoms. The van der Waals surface area contributed by atoms with Gasteiger partial charge in [0.15, 0.2) is 38.4 Å². The van der Waals surface area contributed by atoms with Crippen LogP contribution in [0.5, 0.6) is 0 Å². The average Bonchev–Trinajstić information content (AvgIpc) is 4.14. The Morgan fingerprint density at radius 3 is 2.45 bits per heavy atom. The summed E-state index contributed by atoms with van der Waals surface area (Å²) in [6, 6.07) is 9.51. The second kappa shape index (κ2) is 19.0. The number of nitrogens with zero attached hydrogens (tertiary/aromatic N) is 9. The maximum Gasteiger partial charge on any atom is 0.336 e. The molecule has 0 atom stereocenters. The van der Waals surface area contributed by atoms with Gasteiger partial charge in [-0.2, -0.15) is 31.4 Å². The van der Waals surface area contributed by atoms with Crippen LogP contribution in [0.4, 0.5) is 5.95 Å². The van der Waals surface area contributed by atoms with Crippen molar-refractivity contribution in [3.05, 3.63) is 100 Å². The Balaban J connectivity index is 0.777. The number of fused-ring (bicyclic) bond motifs is 5. The van der Waals surface area contributed by atoms with Crippen molar-refractivity contribution in [1.82, 2.24) is 49.7 Å². The first-order valence-electron chi connectivity index (χ1n) is 22.0. The number of carboxylic acids is 1. The van der Waals surface area contributed by atoms with Crippen LogP contribution in [0.15, 0.2) is 80.5 Å². The van der Waals surface area contributed by atoms with Gasteiger partial charge in [0, 0.05) is 66.9 Å². The van der Waals surface area contributed by atoms with Crippen molar-refractivity contribution in [3.63, 3.8) is 0 Å². The van der Waals surface area contributed by atoms with Gasteiger partial charge in [0.1, 0.15) is 0 Å². The lowest BCUT2D eigenvalue weighted by molar-refractivity contribution is -0.116. The minimum Gasteiger partial charge on any atom is -0.478 e. The lowest BCUT2D eigenvalue weighted by Crippen LogP contribution is -2.25. The van der Waals surface area contributed by atoms with E-state index in [2.05, 4.69) is 41.1 Å². The number of nitrogens with one attached hydrogen (secondary N) is 3. The topological polar surface area (TPSA) is 372 Å². The number of aryl methyl sites for hydroxylation is 3. The first-order chi connectivity index (χ1) is 33.8. The number of hydrogen-bond donors (Lipinski definition) is 7. The van der Waals surface area contributed by atoms with Crippen molar-refractivity contribution < 1.29 is 54.3 Å². The normalized spacial score (nSPS) is 13.1. The van der Waals surface area contributed by atoms with Crippen molar-refractivity contribution >= 4 is 65.6 Å². The molecule has 0 saturated carbocycles. The van der Waals surface area contributed by atoms with Gasteiger partial charge in [-0.1, -0.05) is 24.1 Å². The molecule has 0 fully saturated rings. The molecule has 0 saturated heterocycles. The summed E-state index contributed by atoms with van der Waals surface area (Å²) in [5.41, 5.74) is 6.65. The molecule has 25 nitrogen and oxygen atoms in total. The smallest absolute Gasteiger partial charge is 0.336 e. The highest BCUT2D eigenvalue weighted by molar-refractivity contribution is 7.95. The van der Waals surface area contributed by atoms with E-state index in [4.69, 9.17) is 20.0 Å². The molecular formula is C44H43N13O12S2. The number of aromatic carboxylic acids is 1. The molecule has 6 aromatic rings. The van der Waals surface area contributed by atoms with Gasteiger partial charge in [0.25, 0.3) is 26.1 Å². The number of nitrogens with two attached hydrogens (primary N) is 1. The number of furan rings is 1. The number of rotatable bonds is 18. The largest absolute Gasteiger partial charge is 0.478 e. The number of carbonyl (C=O) groups excluding carboxylic acids is 2. The molecule has 2 aliphatic carbocycles. The van der Waals surface area contributed by atoms with Gasteiger partial charge in [-0.3, -0.25) is 38.8 Å². The Kier molecular flexibility index (Phi) is 12.8. The number of benzene rings is 2. The van der Waals surface area contributed by atoms with Gasteiger partial charge in [-0.25, -0.2) is 9.78 Å². The maximum atomic E-state index is 13.3. The van der Waals surface area contributed by atoms with Gasteiger partial charge in [0.2, 0.25) is 17.7 Å². The third-order valence-corrected chi connectivity index (χ3v) is 13.6. The Morgan fingerprint density at radius 1 is 0.915 bits per heavy atom. The third-order valence-electron chi connectivity index (χ3n) is 11.7. The number of anilines is 1. The zero-order valence-corrected chi connectivity index (χ0v) is 39.1. The van der Waals surface area contributed by atoms with Crippen molar-refractivity contribution in [2.75, 3.05) is 11.9 Å². The molecule has 6 heterocycles. The van der Waals surface area contributed by atoms with E-state index >= 15 is 0 Å². The van der Waals surface area contributed by atoms with Crippen LogP contribution < -0.4 is 21.7 Å². The summed E-state index contributed by atoms with van der Waals surface area (Å²) in [5.74, 6) is -2.66. The molecule has 27 heteroatoms. The summed E-state index contributed by atoms with van der Waals surface area (Å²) in [7, 11) is -8.52. The number of carbonyl (C=O) groups is 3. The van der Waals surface area contributed by atoms with E-state index in [1.165, 1.54) is 29.0 Å². The number of aromatic nitrogens is 9. The van der Waals surface area contributed by atoms with Gasteiger partial charge in [-0.15, -0.1) is 10.2 Å². The summed E-state index contributed by atoms with van der Waals surface area (Å²) >= 11 is 0. The molecule has 8 N–H and O–H groups in total. The highest BCUT2D eigenvalue weighted by Gasteiger charge is 2.37. The predicted octanol–water partition coefficient (Wildman–Crippen LogP) is 4.06. The molecule has 3 aliphatic rings. The Bertz CT molecular complexity index is 3720. The number of hydrogen-bond acceptors (Lipinski definition) is 17. The molecule has 368 valence electrons. The van der Waals surface area contributed by atoms with Crippen LogP contribution in [0, 0.1) is 5.41 Å². The van der Waals surface area contributed by atoms with E-state index in [1.807, 2.05) is 6.20 Å². The van der Waals surface area contributed by atoms with Crippen LogP contribution in [-0.2, 0) is 51.5 Å². The zero-order chi connectivity index (χ0) is 50.4. The van der Waals surface area contributed by atoms with Gasteiger partial charge in [-0.05, 0) is 80.5 Å². The fraction of sp³-hybridized carbons (Fsp3) is 0.273. The van der Waals surface area contributed by atoms with E-state index in [0.717, 1.165) is 37.1 Å². The lowest BCUT2D eigenvalue weighted by atomic mass is 9.85. The Hall–Kier alpha value is -8.14. The first kappa shape index (κ1) is 47.9.